The number of benzene rings is 3. The van der Waals surface area contributed by atoms with Crippen LogP contribution in [0, 0.1) is 0 Å². The Kier molecular flexibility index (Phi) is 5.32. The molecule has 5 aromatic rings. The fourth-order valence-electron chi connectivity index (χ4n) is 5.19. The van der Waals surface area contributed by atoms with E-state index in [-0.39, 0.29) is 0 Å². The van der Waals surface area contributed by atoms with Crippen molar-refractivity contribution in [1.82, 2.24) is 19.7 Å². The maximum Gasteiger partial charge on any atom is 0.0651 e. The third-order valence-electron chi connectivity index (χ3n) is 6.78. The summed E-state index contributed by atoms with van der Waals surface area (Å²) in [6.45, 7) is 4.10. The Hall–Kier alpha value is -3.57. The number of nitrogens with zero attached hydrogens (tertiary/aromatic N) is 3. The van der Waals surface area contributed by atoms with Gasteiger partial charge in [0.15, 0.2) is 0 Å². The molecule has 0 aliphatic carbocycles. The lowest BCUT2D eigenvalue weighted by atomic mass is 10.0. The summed E-state index contributed by atoms with van der Waals surface area (Å²) < 4.78 is 2.40. The Morgan fingerprint density at radius 1 is 0.970 bits per heavy atom. The van der Waals surface area contributed by atoms with Crippen LogP contribution < -0.4 is 5.32 Å². The number of anilines is 1. The zero-order valence-electron chi connectivity index (χ0n) is 18.7. The number of aromatic amines is 1. The van der Waals surface area contributed by atoms with E-state index in [1.54, 1.807) is 0 Å². The molecule has 0 radical (unpaired) electrons. The molecule has 1 atom stereocenters. The smallest absolute Gasteiger partial charge is 0.0651 e. The number of hydrogen-bond acceptors (Lipinski definition) is 3. The minimum absolute atomic E-state index is 0.459. The van der Waals surface area contributed by atoms with Crippen LogP contribution in [0.5, 0.6) is 0 Å². The Morgan fingerprint density at radius 3 is 2.79 bits per heavy atom. The van der Waals surface area contributed by atoms with Crippen LogP contribution in [0.3, 0.4) is 0 Å². The van der Waals surface area contributed by atoms with Crippen molar-refractivity contribution in [1.29, 1.82) is 0 Å². The van der Waals surface area contributed by atoms with Crippen molar-refractivity contribution in [3.05, 3.63) is 96.3 Å². The first kappa shape index (κ1) is 20.1. The molecule has 0 amide bonds. The van der Waals surface area contributed by atoms with Gasteiger partial charge in [-0.15, -0.1) is 0 Å². The van der Waals surface area contributed by atoms with E-state index in [9.17, 15) is 0 Å². The van der Waals surface area contributed by atoms with Crippen molar-refractivity contribution < 1.29 is 0 Å². The van der Waals surface area contributed by atoms with Crippen molar-refractivity contribution in [2.75, 3.05) is 18.4 Å². The Balaban J connectivity index is 1.19. The van der Waals surface area contributed by atoms with Gasteiger partial charge in [0, 0.05) is 53.8 Å². The molecule has 33 heavy (non-hydrogen) atoms. The predicted octanol–water partition coefficient (Wildman–Crippen LogP) is 5.64. The molecular formula is C28H29N5. The van der Waals surface area contributed by atoms with Crippen molar-refractivity contribution >= 4 is 27.5 Å². The lowest BCUT2D eigenvalue weighted by Gasteiger charge is -2.33. The molecule has 1 aliphatic heterocycles. The summed E-state index contributed by atoms with van der Waals surface area (Å²) in [5.41, 5.74) is 6.33. The Labute approximate surface area is 194 Å². The van der Waals surface area contributed by atoms with Gasteiger partial charge in [0.2, 0.25) is 0 Å². The predicted molar refractivity (Wildman–Crippen MR) is 135 cm³/mol. The zero-order valence-corrected chi connectivity index (χ0v) is 18.7. The van der Waals surface area contributed by atoms with Crippen LogP contribution in [0.15, 0.2) is 85.2 Å². The van der Waals surface area contributed by atoms with Gasteiger partial charge in [-0.3, -0.25) is 10.00 Å². The zero-order chi connectivity index (χ0) is 22.0. The number of fused-ring (bicyclic) bond motifs is 2. The fourth-order valence-corrected chi connectivity index (χ4v) is 5.19. The highest BCUT2D eigenvalue weighted by Crippen LogP contribution is 2.26. The summed E-state index contributed by atoms with van der Waals surface area (Å²) in [4.78, 5) is 2.60. The van der Waals surface area contributed by atoms with Crippen LogP contribution in [-0.2, 0) is 13.1 Å². The van der Waals surface area contributed by atoms with Crippen LogP contribution in [0.4, 0.5) is 5.69 Å². The minimum Gasteiger partial charge on any atom is -0.381 e. The number of likely N-dealkylation sites (tertiary alicyclic amines) is 1. The van der Waals surface area contributed by atoms with Gasteiger partial charge in [-0.25, -0.2) is 0 Å². The normalized spacial score (nSPS) is 17.0. The minimum atomic E-state index is 0.459. The lowest BCUT2D eigenvalue weighted by Crippen LogP contribution is -2.41. The number of H-pyrrole nitrogens is 1. The maximum atomic E-state index is 4.14. The molecule has 3 heterocycles. The summed E-state index contributed by atoms with van der Waals surface area (Å²) in [5.74, 6) is 0. The molecule has 6 rings (SSSR count). The second-order valence-corrected chi connectivity index (χ2v) is 9.18. The van der Waals surface area contributed by atoms with E-state index in [4.69, 9.17) is 0 Å². The van der Waals surface area contributed by atoms with E-state index >= 15 is 0 Å². The Morgan fingerprint density at radius 2 is 1.85 bits per heavy atom. The van der Waals surface area contributed by atoms with Gasteiger partial charge < -0.3 is 9.88 Å². The molecule has 1 unspecified atom stereocenters. The Bertz CT molecular complexity index is 1370. The van der Waals surface area contributed by atoms with Crippen molar-refractivity contribution in [2.24, 2.45) is 0 Å². The molecular weight excluding hydrogens is 406 g/mol. The topological polar surface area (TPSA) is 48.9 Å². The summed E-state index contributed by atoms with van der Waals surface area (Å²) in [5, 5.41) is 13.5. The van der Waals surface area contributed by atoms with Crippen LogP contribution in [0.1, 0.15) is 24.0 Å². The van der Waals surface area contributed by atoms with Gasteiger partial charge in [0.1, 0.15) is 0 Å². The second-order valence-electron chi connectivity index (χ2n) is 9.18. The largest absolute Gasteiger partial charge is 0.381 e. The van der Waals surface area contributed by atoms with Crippen LogP contribution >= 0.6 is 0 Å². The number of aromatic nitrogens is 3. The van der Waals surface area contributed by atoms with Crippen LogP contribution in [0.25, 0.3) is 21.8 Å². The van der Waals surface area contributed by atoms with Crippen molar-refractivity contribution in [3.63, 3.8) is 0 Å². The van der Waals surface area contributed by atoms with E-state index in [1.165, 1.54) is 40.6 Å². The second kappa shape index (κ2) is 8.75. The number of piperidine rings is 1. The molecule has 5 nitrogen and oxygen atoms in total. The number of hydrogen-bond donors (Lipinski definition) is 2. The third kappa shape index (κ3) is 4.24. The molecule has 3 aromatic carbocycles. The lowest BCUT2D eigenvalue weighted by molar-refractivity contribution is 0.209. The quantitative estimate of drug-likeness (QED) is 0.363. The molecule has 0 spiro atoms. The average Bonchev–Trinajstić information content (AvgIpc) is 3.45. The standard InChI is InChI=1S/C28H29N5/c1-2-7-21(8-3-1)17-33-19-23(26-10-4-5-11-28(26)33)18-32-14-6-9-25(20-32)30-24-12-13-27-22(15-24)16-29-31-27/h1-5,7-8,10-13,15-16,19,25,30H,6,9,14,17-18,20H2,(H,29,31). The van der Waals surface area contributed by atoms with Crippen LogP contribution in [-0.4, -0.2) is 38.8 Å². The highest BCUT2D eigenvalue weighted by atomic mass is 15.2. The van der Waals surface area contributed by atoms with E-state index in [0.717, 1.165) is 37.1 Å². The highest BCUT2D eigenvalue weighted by molar-refractivity contribution is 5.84. The molecule has 0 bridgehead atoms. The molecule has 1 aliphatic rings. The van der Waals surface area contributed by atoms with Gasteiger partial charge in [-0.2, -0.15) is 5.10 Å². The first-order valence-corrected chi connectivity index (χ1v) is 11.8. The molecule has 1 saturated heterocycles. The molecule has 2 N–H and O–H groups in total. The van der Waals surface area contributed by atoms with E-state index in [0.29, 0.717) is 6.04 Å². The van der Waals surface area contributed by atoms with Crippen molar-refractivity contribution in [2.45, 2.75) is 32.0 Å². The number of para-hydroxylation sites is 1. The average molecular weight is 436 g/mol. The van der Waals surface area contributed by atoms with Gasteiger partial charge in [-0.1, -0.05) is 48.5 Å². The molecule has 166 valence electrons. The van der Waals surface area contributed by atoms with Gasteiger partial charge >= 0.3 is 0 Å². The van der Waals surface area contributed by atoms with E-state index < -0.39 is 0 Å². The fraction of sp³-hybridized carbons (Fsp3) is 0.250. The monoisotopic (exact) mass is 435 g/mol. The summed E-state index contributed by atoms with van der Waals surface area (Å²) >= 11 is 0. The van der Waals surface area contributed by atoms with Crippen molar-refractivity contribution in [3.8, 4) is 0 Å². The molecule has 2 aromatic heterocycles. The van der Waals surface area contributed by atoms with Crippen LogP contribution in [0.2, 0.25) is 0 Å². The van der Waals surface area contributed by atoms with Gasteiger partial charge in [0.25, 0.3) is 0 Å². The van der Waals surface area contributed by atoms with E-state index in [2.05, 4.69) is 104 Å². The van der Waals surface area contributed by atoms with E-state index in [1.807, 2.05) is 6.20 Å². The summed E-state index contributed by atoms with van der Waals surface area (Å²) in [6.07, 6.45) is 6.67. The third-order valence-corrected chi connectivity index (χ3v) is 6.78. The summed E-state index contributed by atoms with van der Waals surface area (Å²) in [6, 6.07) is 26.4. The molecule has 1 fully saturated rings. The van der Waals surface area contributed by atoms with Gasteiger partial charge in [-0.05, 0) is 54.8 Å². The highest BCUT2D eigenvalue weighted by Gasteiger charge is 2.21. The molecule has 5 heteroatoms. The SMILES string of the molecule is c1ccc(Cn2cc(CN3CCCC(Nc4ccc5[nH]ncc5c4)C3)c3ccccc32)cc1. The number of nitrogens with one attached hydrogen (secondary N) is 2. The molecule has 0 saturated carbocycles. The number of rotatable bonds is 6. The first-order valence-electron chi connectivity index (χ1n) is 11.8. The van der Waals surface area contributed by atoms with Gasteiger partial charge in [0.05, 0.1) is 11.7 Å². The first-order chi connectivity index (χ1) is 16.3. The summed E-state index contributed by atoms with van der Waals surface area (Å²) in [7, 11) is 0. The maximum absolute atomic E-state index is 4.14.